The van der Waals surface area contributed by atoms with E-state index in [0.29, 0.717) is 12.1 Å². The van der Waals surface area contributed by atoms with Crippen LogP contribution in [0.25, 0.3) is 10.9 Å². The molecule has 4 nitrogen and oxygen atoms in total. The van der Waals surface area contributed by atoms with E-state index in [-0.39, 0.29) is 0 Å². The average molecular weight is 306 g/mol. The van der Waals surface area contributed by atoms with Crippen LogP contribution in [0.3, 0.4) is 0 Å². The van der Waals surface area contributed by atoms with Crippen molar-refractivity contribution in [3.8, 4) is 0 Å². The molecular weight excluding hydrogens is 288 g/mol. The van der Waals surface area contributed by atoms with E-state index in [0.717, 1.165) is 22.0 Å². The minimum Gasteiger partial charge on any atom is -0.360 e. The summed E-state index contributed by atoms with van der Waals surface area (Å²) in [6.07, 6.45) is 1.59. The smallest absolute Gasteiger partial charge is 0.292 e. The van der Waals surface area contributed by atoms with Crippen molar-refractivity contribution in [1.29, 1.82) is 0 Å². The lowest BCUT2D eigenvalue weighted by atomic mass is 10.1. The lowest BCUT2D eigenvalue weighted by molar-refractivity contribution is -0.117. The molecule has 3 rings (SSSR count). The number of nitrogens with one attached hydrogen (secondary N) is 2. The highest BCUT2D eigenvalue weighted by atomic mass is 16.2. The second-order valence-electron chi connectivity index (χ2n) is 5.69. The molecule has 23 heavy (non-hydrogen) atoms. The van der Waals surface area contributed by atoms with Gasteiger partial charge in [-0.25, -0.2) is 0 Å². The molecule has 116 valence electrons. The molecule has 0 atom stereocenters. The Hall–Kier alpha value is -2.88. The number of fused-ring (bicyclic) bond motifs is 1. The number of ketones is 1. The van der Waals surface area contributed by atoms with Crippen molar-refractivity contribution in [3.63, 3.8) is 0 Å². The molecule has 1 amide bonds. The third-order valence-electron chi connectivity index (χ3n) is 3.98. The molecule has 2 aromatic carbocycles. The lowest BCUT2D eigenvalue weighted by Gasteiger charge is -2.08. The maximum atomic E-state index is 12.3. The highest BCUT2D eigenvalue weighted by Crippen LogP contribution is 2.18. The lowest BCUT2D eigenvalue weighted by Crippen LogP contribution is -2.30. The van der Waals surface area contributed by atoms with Gasteiger partial charge in [0.15, 0.2) is 0 Å². The van der Waals surface area contributed by atoms with Gasteiger partial charge in [0.1, 0.15) is 0 Å². The Labute approximate surface area is 134 Å². The summed E-state index contributed by atoms with van der Waals surface area (Å²) in [4.78, 5) is 27.5. The highest BCUT2D eigenvalue weighted by Gasteiger charge is 2.19. The Kier molecular flexibility index (Phi) is 3.98. The van der Waals surface area contributed by atoms with E-state index in [9.17, 15) is 9.59 Å². The second kappa shape index (κ2) is 6.08. The van der Waals surface area contributed by atoms with Crippen LogP contribution in [0.1, 0.15) is 27.0 Å². The number of hydrogen-bond donors (Lipinski definition) is 2. The van der Waals surface area contributed by atoms with Gasteiger partial charge in [0.25, 0.3) is 11.7 Å². The summed E-state index contributed by atoms with van der Waals surface area (Å²) in [5.41, 5.74) is 4.53. The molecule has 1 aromatic heterocycles. The van der Waals surface area contributed by atoms with Crippen LogP contribution in [0.5, 0.6) is 0 Å². The van der Waals surface area contributed by atoms with Crippen molar-refractivity contribution < 1.29 is 9.59 Å². The van der Waals surface area contributed by atoms with E-state index >= 15 is 0 Å². The third kappa shape index (κ3) is 3.01. The molecule has 0 spiro atoms. The Bertz CT molecular complexity index is 893. The molecule has 0 bridgehead atoms. The number of carbonyl (C=O) groups is 2. The van der Waals surface area contributed by atoms with Crippen molar-refractivity contribution in [2.24, 2.45) is 0 Å². The maximum Gasteiger partial charge on any atom is 0.292 e. The number of para-hydroxylation sites is 1. The predicted octanol–water partition coefficient (Wildman–Crippen LogP) is 3.28. The van der Waals surface area contributed by atoms with Crippen molar-refractivity contribution in [1.82, 2.24) is 10.3 Å². The summed E-state index contributed by atoms with van der Waals surface area (Å²) in [7, 11) is 0. The molecule has 0 radical (unpaired) electrons. The number of Topliss-reactive ketones (excluding diaryl/α,β-unsaturated/α-hetero) is 1. The van der Waals surface area contributed by atoms with Gasteiger partial charge in [-0.15, -0.1) is 0 Å². The van der Waals surface area contributed by atoms with Crippen LogP contribution in [0.15, 0.2) is 48.7 Å². The molecule has 0 aliphatic carbocycles. The zero-order chi connectivity index (χ0) is 16.4. The van der Waals surface area contributed by atoms with Gasteiger partial charge in [0.05, 0.1) is 5.56 Å². The summed E-state index contributed by atoms with van der Waals surface area (Å²) >= 11 is 0. The fourth-order valence-electron chi connectivity index (χ4n) is 2.68. The minimum atomic E-state index is -0.588. The molecule has 2 N–H and O–H groups in total. The number of amides is 1. The predicted molar refractivity (Wildman–Crippen MR) is 90.4 cm³/mol. The Morgan fingerprint density at radius 2 is 1.87 bits per heavy atom. The Balaban J connectivity index is 1.74. The third-order valence-corrected chi connectivity index (χ3v) is 3.98. The van der Waals surface area contributed by atoms with Crippen molar-refractivity contribution in [3.05, 3.63) is 70.9 Å². The van der Waals surface area contributed by atoms with Crippen LogP contribution in [0.4, 0.5) is 0 Å². The molecule has 0 aliphatic rings. The van der Waals surface area contributed by atoms with Gasteiger partial charge < -0.3 is 10.3 Å². The first-order valence-corrected chi connectivity index (χ1v) is 7.51. The first kappa shape index (κ1) is 15.0. The number of aromatic amines is 1. The second-order valence-corrected chi connectivity index (χ2v) is 5.69. The molecule has 0 saturated heterocycles. The number of hydrogen-bond acceptors (Lipinski definition) is 2. The van der Waals surface area contributed by atoms with Crippen molar-refractivity contribution in [2.45, 2.75) is 20.4 Å². The van der Waals surface area contributed by atoms with Crippen LogP contribution in [0, 0.1) is 13.8 Å². The van der Waals surface area contributed by atoms with Gasteiger partial charge in [-0.3, -0.25) is 9.59 Å². The zero-order valence-electron chi connectivity index (χ0n) is 13.1. The summed E-state index contributed by atoms with van der Waals surface area (Å²) in [6.45, 7) is 4.37. The van der Waals surface area contributed by atoms with Gasteiger partial charge in [-0.1, -0.05) is 42.0 Å². The van der Waals surface area contributed by atoms with E-state index < -0.39 is 11.7 Å². The first-order chi connectivity index (χ1) is 11.1. The minimum absolute atomic E-state index is 0.346. The summed E-state index contributed by atoms with van der Waals surface area (Å²) in [5.74, 6) is -1.11. The van der Waals surface area contributed by atoms with Crippen LogP contribution in [-0.4, -0.2) is 16.7 Å². The van der Waals surface area contributed by atoms with Gasteiger partial charge in [0.2, 0.25) is 0 Å². The largest absolute Gasteiger partial charge is 0.360 e. The zero-order valence-corrected chi connectivity index (χ0v) is 13.1. The van der Waals surface area contributed by atoms with E-state index in [2.05, 4.69) is 16.4 Å². The molecule has 0 aliphatic heterocycles. The van der Waals surface area contributed by atoms with E-state index in [1.165, 1.54) is 5.56 Å². The van der Waals surface area contributed by atoms with E-state index in [1.807, 2.05) is 50.2 Å². The highest BCUT2D eigenvalue weighted by molar-refractivity contribution is 6.44. The standard InChI is InChI=1S/C19H18N2O2/c1-12-7-8-14(13(2)9-12)10-21-19(23)18(22)16-11-20-17-6-4-3-5-15(16)17/h3-9,11,20H,10H2,1-2H3,(H,21,23). The fourth-order valence-corrected chi connectivity index (χ4v) is 2.68. The maximum absolute atomic E-state index is 12.3. The molecular formula is C19H18N2O2. The fraction of sp³-hybridized carbons (Fsp3) is 0.158. The summed E-state index contributed by atoms with van der Waals surface area (Å²) in [5, 5.41) is 3.47. The average Bonchev–Trinajstić information content (AvgIpc) is 2.97. The van der Waals surface area contributed by atoms with Gasteiger partial charge >= 0.3 is 0 Å². The molecule has 0 saturated carbocycles. The Morgan fingerprint density at radius 1 is 1.09 bits per heavy atom. The summed E-state index contributed by atoms with van der Waals surface area (Å²) < 4.78 is 0. The Morgan fingerprint density at radius 3 is 2.65 bits per heavy atom. The van der Waals surface area contributed by atoms with Crippen LogP contribution < -0.4 is 5.32 Å². The molecule has 0 fully saturated rings. The quantitative estimate of drug-likeness (QED) is 0.574. The number of carbonyl (C=O) groups excluding carboxylic acids is 2. The number of aromatic nitrogens is 1. The first-order valence-electron chi connectivity index (χ1n) is 7.51. The van der Waals surface area contributed by atoms with E-state index in [4.69, 9.17) is 0 Å². The van der Waals surface area contributed by atoms with Crippen molar-refractivity contribution >= 4 is 22.6 Å². The summed E-state index contributed by atoms with van der Waals surface area (Å²) in [6, 6.07) is 13.5. The monoisotopic (exact) mass is 306 g/mol. The topological polar surface area (TPSA) is 62.0 Å². The van der Waals surface area contributed by atoms with Gasteiger partial charge in [-0.05, 0) is 31.0 Å². The number of H-pyrrole nitrogens is 1. The SMILES string of the molecule is Cc1ccc(CNC(=O)C(=O)c2c[nH]c3ccccc23)c(C)c1. The number of aryl methyl sites for hydroxylation is 2. The van der Waals surface area contributed by atoms with Gasteiger partial charge in [0, 0.05) is 23.6 Å². The van der Waals surface area contributed by atoms with Gasteiger partial charge in [-0.2, -0.15) is 0 Å². The molecule has 1 heterocycles. The molecule has 0 unspecified atom stereocenters. The van der Waals surface area contributed by atoms with Crippen LogP contribution >= 0.6 is 0 Å². The molecule has 3 aromatic rings. The van der Waals surface area contributed by atoms with Crippen LogP contribution in [0.2, 0.25) is 0 Å². The normalized spacial score (nSPS) is 10.7. The number of rotatable bonds is 4. The van der Waals surface area contributed by atoms with Crippen molar-refractivity contribution in [2.75, 3.05) is 0 Å². The van der Waals surface area contributed by atoms with E-state index in [1.54, 1.807) is 6.20 Å². The van der Waals surface area contributed by atoms with Crippen LogP contribution in [-0.2, 0) is 11.3 Å². The number of benzene rings is 2. The molecule has 4 heteroatoms.